The van der Waals surface area contributed by atoms with Crippen molar-refractivity contribution in [1.29, 1.82) is 0 Å². The van der Waals surface area contributed by atoms with Gasteiger partial charge in [0.25, 0.3) is 0 Å². The first kappa shape index (κ1) is 15.1. The average molecular weight is 287 g/mol. The standard InChI is InChI=1S/C19H29NO/c1-14(2)17-18(16-7-5-4-6-8-16)21-13-19(20-17)11-9-15(3)10-12-19/h4-8,14-15,17-18,20H,9-13H2,1-3H3. The quantitative estimate of drug-likeness (QED) is 0.874. The molecule has 1 saturated heterocycles. The zero-order chi connectivity index (χ0) is 14.9. The van der Waals surface area contributed by atoms with E-state index >= 15 is 0 Å². The van der Waals surface area contributed by atoms with E-state index in [1.165, 1.54) is 31.2 Å². The lowest BCUT2D eigenvalue weighted by molar-refractivity contribution is -0.0889. The van der Waals surface area contributed by atoms with Crippen LogP contribution in [0.15, 0.2) is 30.3 Å². The molecular weight excluding hydrogens is 258 g/mol. The van der Waals surface area contributed by atoms with Crippen LogP contribution in [0, 0.1) is 11.8 Å². The second-order valence-electron chi connectivity index (χ2n) is 7.52. The molecule has 1 heterocycles. The van der Waals surface area contributed by atoms with E-state index in [0.717, 1.165) is 12.5 Å². The maximum Gasteiger partial charge on any atom is 0.0981 e. The first-order valence-electron chi connectivity index (χ1n) is 8.54. The molecule has 2 fully saturated rings. The van der Waals surface area contributed by atoms with Gasteiger partial charge in [-0.3, -0.25) is 0 Å². The molecule has 21 heavy (non-hydrogen) atoms. The van der Waals surface area contributed by atoms with Crippen molar-refractivity contribution in [3.8, 4) is 0 Å². The number of hydrogen-bond donors (Lipinski definition) is 1. The van der Waals surface area contributed by atoms with Crippen molar-refractivity contribution < 1.29 is 4.74 Å². The van der Waals surface area contributed by atoms with Crippen LogP contribution < -0.4 is 5.32 Å². The van der Waals surface area contributed by atoms with E-state index in [1.54, 1.807) is 0 Å². The summed E-state index contributed by atoms with van der Waals surface area (Å²) in [6, 6.07) is 11.1. The molecule has 1 N–H and O–H groups in total. The van der Waals surface area contributed by atoms with Crippen LogP contribution in [-0.2, 0) is 4.74 Å². The minimum absolute atomic E-state index is 0.191. The lowest BCUT2D eigenvalue weighted by Crippen LogP contribution is -2.62. The van der Waals surface area contributed by atoms with Crippen molar-refractivity contribution in [3.05, 3.63) is 35.9 Å². The van der Waals surface area contributed by atoms with Crippen LogP contribution in [0.4, 0.5) is 0 Å². The van der Waals surface area contributed by atoms with Crippen molar-refractivity contribution in [2.45, 2.75) is 64.1 Å². The maximum absolute atomic E-state index is 6.40. The fourth-order valence-corrected chi connectivity index (χ4v) is 3.89. The molecule has 2 unspecified atom stereocenters. The number of rotatable bonds is 2. The van der Waals surface area contributed by atoms with Crippen LogP contribution in [0.25, 0.3) is 0 Å². The monoisotopic (exact) mass is 287 g/mol. The molecule has 116 valence electrons. The van der Waals surface area contributed by atoms with Crippen molar-refractivity contribution in [2.75, 3.05) is 6.61 Å². The van der Waals surface area contributed by atoms with Gasteiger partial charge in [0.2, 0.25) is 0 Å². The summed E-state index contributed by atoms with van der Waals surface area (Å²) in [4.78, 5) is 0. The number of benzene rings is 1. The van der Waals surface area contributed by atoms with Crippen LogP contribution in [0.1, 0.15) is 58.1 Å². The molecule has 1 saturated carbocycles. The fourth-order valence-electron chi connectivity index (χ4n) is 3.89. The summed E-state index contributed by atoms with van der Waals surface area (Å²) in [6.07, 6.45) is 5.38. The van der Waals surface area contributed by atoms with Crippen LogP contribution in [0.3, 0.4) is 0 Å². The van der Waals surface area contributed by atoms with Gasteiger partial charge in [0.15, 0.2) is 0 Å². The highest BCUT2D eigenvalue weighted by atomic mass is 16.5. The Hall–Kier alpha value is -0.860. The molecule has 1 aliphatic heterocycles. The minimum atomic E-state index is 0.191. The van der Waals surface area contributed by atoms with E-state index in [9.17, 15) is 0 Å². The summed E-state index contributed by atoms with van der Waals surface area (Å²) >= 11 is 0. The van der Waals surface area contributed by atoms with E-state index in [2.05, 4.69) is 56.4 Å². The predicted molar refractivity (Wildman–Crippen MR) is 87.3 cm³/mol. The SMILES string of the molecule is CC1CCC2(CC1)COC(c1ccccc1)C(C(C)C)N2. The predicted octanol–water partition coefficient (Wildman–Crippen LogP) is 4.32. The molecule has 1 aromatic carbocycles. The van der Waals surface area contributed by atoms with E-state index in [0.29, 0.717) is 12.0 Å². The smallest absolute Gasteiger partial charge is 0.0981 e. The second kappa shape index (κ2) is 6.10. The van der Waals surface area contributed by atoms with Gasteiger partial charge < -0.3 is 10.1 Å². The van der Waals surface area contributed by atoms with Crippen molar-refractivity contribution in [1.82, 2.24) is 5.32 Å². The Morgan fingerprint density at radius 2 is 1.81 bits per heavy atom. The van der Waals surface area contributed by atoms with Crippen LogP contribution in [0.5, 0.6) is 0 Å². The topological polar surface area (TPSA) is 21.3 Å². The molecule has 3 rings (SSSR count). The molecule has 1 aromatic rings. The summed E-state index contributed by atoms with van der Waals surface area (Å²) < 4.78 is 6.40. The number of ether oxygens (including phenoxy) is 1. The van der Waals surface area contributed by atoms with Crippen molar-refractivity contribution >= 4 is 0 Å². The third-order valence-corrected chi connectivity index (χ3v) is 5.42. The lowest BCUT2D eigenvalue weighted by Gasteiger charge is -2.50. The summed E-state index contributed by atoms with van der Waals surface area (Å²) in [5, 5.41) is 4.01. The van der Waals surface area contributed by atoms with Gasteiger partial charge in [0.1, 0.15) is 0 Å². The molecule has 2 heteroatoms. The fraction of sp³-hybridized carbons (Fsp3) is 0.684. The third-order valence-electron chi connectivity index (χ3n) is 5.42. The Balaban J connectivity index is 1.78. The van der Waals surface area contributed by atoms with E-state index in [4.69, 9.17) is 4.74 Å². The van der Waals surface area contributed by atoms with Gasteiger partial charge in [-0.1, -0.05) is 51.1 Å². The number of nitrogens with one attached hydrogen (secondary N) is 1. The molecule has 2 aliphatic rings. The largest absolute Gasteiger partial charge is 0.370 e. The van der Waals surface area contributed by atoms with Gasteiger partial charge in [-0.25, -0.2) is 0 Å². The Morgan fingerprint density at radius 3 is 2.43 bits per heavy atom. The second-order valence-corrected chi connectivity index (χ2v) is 7.52. The molecule has 0 amide bonds. The van der Waals surface area contributed by atoms with Gasteiger partial charge in [0.05, 0.1) is 12.7 Å². The molecule has 2 atom stereocenters. The summed E-state index contributed by atoms with van der Waals surface area (Å²) in [5.74, 6) is 1.45. The number of hydrogen-bond acceptors (Lipinski definition) is 2. The zero-order valence-electron chi connectivity index (χ0n) is 13.6. The maximum atomic E-state index is 6.40. The highest BCUT2D eigenvalue weighted by Crippen LogP contribution is 2.39. The van der Waals surface area contributed by atoms with Crippen molar-refractivity contribution in [2.24, 2.45) is 11.8 Å². The van der Waals surface area contributed by atoms with E-state index in [-0.39, 0.29) is 11.6 Å². The Kier molecular flexibility index (Phi) is 4.37. The first-order valence-corrected chi connectivity index (χ1v) is 8.54. The van der Waals surface area contributed by atoms with Crippen LogP contribution in [0.2, 0.25) is 0 Å². The zero-order valence-corrected chi connectivity index (χ0v) is 13.6. The van der Waals surface area contributed by atoms with Gasteiger partial charge in [0, 0.05) is 11.6 Å². The Bertz CT molecular complexity index is 448. The average Bonchev–Trinajstić information content (AvgIpc) is 2.51. The van der Waals surface area contributed by atoms with Gasteiger partial charge in [-0.15, -0.1) is 0 Å². The number of morpholine rings is 1. The molecule has 0 radical (unpaired) electrons. The lowest BCUT2D eigenvalue weighted by atomic mass is 9.75. The van der Waals surface area contributed by atoms with Crippen molar-refractivity contribution in [3.63, 3.8) is 0 Å². The van der Waals surface area contributed by atoms with E-state index in [1.807, 2.05) is 0 Å². The molecule has 0 bridgehead atoms. The van der Waals surface area contributed by atoms with Crippen LogP contribution >= 0.6 is 0 Å². The molecule has 2 nitrogen and oxygen atoms in total. The highest BCUT2D eigenvalue weighted by Gasteiger charge is 2.43. The Labute approximate surface area is 129 Å². The molecule has 1 aliphatic carbocycles. The van der Waals surface area contributed by atoms with Gasteiger partial charge in [-0.05, 0) is 43.1 Å². The Morgan fingerprint density at radius 1 is 1.14 bits per heavy atom. The summed E-state index contributed by atoms with van der Waals surface area (Å²) in [7, 11) is 0. The summed E-state index contributed by atoms with van der Waals surface area (Å²) in [6.45, 7) is 7.86. The van der Waals surface area contributed by atoms with Gasteiger partial charge in [-0.2, -0.15) is 0 Å². The summed E-state index contributed by atoms with van der Waals surface area (Å²) in [5.41, 5.74) is 1.54. The van der Waals surface area contributed by atoms with Gasteiger partial charge >= 0.3 is 0 Å². The van der Waals surface area contributed by atoms with E-state index < -0.39 is 0 Å². The molecule has 1 spiro atoms. The first-order chi connectivity index (χ1) is 10.1. The normalized spacial score (nSPS) is 37.0. The molecule has 0 aromatic heterocycles. The molecular formula is C19H29NO. The minimum Gasteiger partial charge on any atom is -0.370 e. The highest BCUT2D eigenvalue weighted by molar-refractivity contribution is 5.21. The van der Waals surface area contributed by atoms with Crippen LogP contribution in [-0.4, -0.2) is 18.2 Å². The third kappa shape index (κ3) is 3.17.